The van der Waals surface area contributed by atoms with Crippen molar-refractivity contribution in [3.8, 4) is 0 Å². The number of hydrogen-bond donors (Lipinski definition) is 3. The molecule has 0 saturated heterocycles. The van der Waals surface area contributed by atoms with Gasteiger partial charge < -0.3 is 20.6 Å². The number of aromatic nitrogens is 2. The second kappa shape index (κ2) is 3.99. The summed E-state index contributed by atoms with van der Waals surface area (Å²) in [4.78, 5) is 15.3. The van der Waals surface area contributed by atoms with Gasteiger partial charge in [-0.2, -0.15) is 0 Å². The number of nitrogens with one attached hydrogen (secondary N) is 1. The van der Waals surface area contributed by atoms with E-state index in [9.17, 15) is 4.79 Å². The number of carboxylic acid groups (broad SMARTS) is 1. The molecule has 0 bridgehead atoms. The summed E-state index contributed by atoms with van der Waals surface area (Å²) in [5, 5.41) is 12.5. The maximum atomic E-state index is 11.2. The van der Waals surface area contributed by atoms with Crippen molar-refractivity contribution in [2.24, 2.45) is 0 Å². The number of rotatable bonds is 4. The molecule has 0 spiro atoms. The van der Waals surface area contributed by atoms with Crippen LogP contribution in [0.25, 0.3) is 5.52 Å². The van der Waals surface area contributed by atoms with Crippen LogP contribution in [0.3, 0.4) is 0 Å². The lowest BCUT2D eigenvalue weighted by molar-refractivity contribution is 0.0693. The highest BCUT2D eigenvalue weighted by atomic mass is 16.4. The number of nitrogen functional groups attached to an aromatic ring is 1. The monoisotopic (exact) mass is 246 g/mol. The molecule has 0 atom stereocenters. The molecule has 4 N–H and O–H groups in total. The van der Waals surface area contributed by atoms with Crippen LogP contribution in [-0.4, -0.2) is 26.5 Å². The third-order valence-electron chi connectivity index (χ3n) is 3.07. The predicted octanol–water partition coefficient (Wildman–Crippen LogP) is 0.867. The van der Waals surface area contributed by atoms with Gasteiger partial charge in [-0.1, -0.05) is 0 Å². The molecule has 2 aromatic heterocycles. The molecule has 18 heavy (non-hydrogen) atoms. The predicted molar refractivity (Wildman–Crippen MR) is 66.4 cm³/mol. The molecular weight excluding hydrogens is 232 g/mol. The maximum absolute atomic E-state index is 11.2. The minimum Gasteiger partial charge on any atom is -0.476 e. The van der Waals surface area contributed by atoms with Crippen molar-refractivity contribution in [1.29, 1.82) is 0 Å². The zero-order valence-electron chi connectivity index (χ0n) is 9.76. The van der Waals surface area contributed by atoms with E-state index >= 15 is 0 Å². The van der Waals surface area contributed by atoms with Gasteiger partial charge in [0.05, 0.1) is 12.1 Å². The van der Waals surface area contributed by atoms with Gasteiger partial charge in [0.2, 0.25) is 0 Å². The molecule has 1 aliphatic rings. The summed E-state index contributed by atoms with van der Waals surface area (Å²) in [5.74, 6) is -0.329. The summed E-state index contributed by atoms with van der Waals surface area (Å²) < 4.78 is 1.77. The van der Waals surface area contributed by atoms with E-state index in [1.807, 2.05) is 0 Å². The van der Waals surface area contributed by atoms with E-state index in [4.69, 9.17) is 10.8 Å². The average Bonchev–Trinajstić information content (AvgIpc) is 3.08. The Balaban J connectivity index is 2.04. The molecule has 94 valence electrons. The highest BCUT2D eigenvalue weighted by Gasteiger charge is 2.22. The van der Waals surface area contributed by atoms with Crippen LogP contribution >= 0.6 is 0 Å². The number of pyridine rings is 1. The summed E-state index contributed by atoms with van der Waals surface area (Å²) in [5.41, 5.74) is 6.81. The van der Waals surface area contributed by atoms with Crippen molar-refractivity contribution < 1.29 is 9.90 Å². The molecule has 6 nitrogen and oxygen atoms in total. The quantitative estimate of drug-likeness (QED) is 0.744. The van der Waals surface area contributed by atoms with Gasteiger partial charge in [-0.15, -0.1) is 0 Å². The van der Waals surface area contributed by atoms with E-state index in [1.165, 1.54) is 12.8 Å². The van der Waals surface area contributed by atoms with Crippen molar-refractivity contribution in [2.45, 2.75) is 25.4 Å². The summed E-state index contributed by atoms with van der Waals surface area (Å²) in [7, 11) is 0. The number of fused-ring (bicyclic) bond motifs is 1. The van der Waals surface area contributed by atoms with Gasteiger partial charge in [0.1, 0.15) is 5.82 Å². The fraction of sp³-hybridized carbons (Fsp3) is 0.333. The molecule has 0 amide bonds. The molecule has 1 aliphatic carbocycles. The molecule has 6 heteroatoms. The lowest BCUT2D eigenvalue weighted by atomic mass is 10.3. The fourth-order valence-corrected chi connectivity index (χ4v) is 1.97. The second-order valence-corrected chi connectivity index (χ2v) is 4.55. The van der Waals surface area contributed by atoms with Crippen LogP contribution in [0.4, 0.5) is 5.69 Å². The zero-order valence-corrected chi connectivity index (χ0v) is 9.76. The molecule has 0 unspecified atom stereocenters. The Morgan fingerprint density at radius 3 is 3.06 bits per heavy atom. The summed E-state index contributed by atoms with van der Waals surface area (Å²) in [6, 6.07) is 3.93. The Labute approximate surface area is 103 Å². The summed E-state index contributed by atoms with van der Waals surface area (Å²) in [6.07, 6.45) is 4.12. The Morgan fingerprint density at radius 2 is 2.39 bits per heavy atom. The van der Waals surface area contributed by atoms with E-state index in [1.54, 1.807) is 22.7 Å². The van der Waals surface area contributed by atoms with E-state index in [2.05, 4.69) is 10.3 Å². The number of nitrogens with zero attached hydrogens (tertiary/aromatic N) is 2. The molecule has 1 saturated carbocycles. The van der Waals surface area contributed by atoms with E-state index in [-0.39, 0.29) is 5.69 Å². The third-order valence-corrected chi connectivity index (χ3v) is 3.07. The van der Waals surface area contributed by atoms with Crippen molar-refractivity contribution >= 4 is 17.2 Å². The smallest absolute Gasteiger partial charge is 0.356 e. The molecule has 0 radical (unpaired) electrons. The van der Waals surface area contributed by atoms with Crippen molar-refractivity contribution in [3.05, 3.63) is 29.8 Å². The second-order valence-electron chi connectivity index (χ2n) is 4.55. The minimum absolute atomic E-state index is 0.0508. The zero-order chi connectivity index (χ0) is 12.7. The van der Waals surface area contributed by atoms with E-state index in [0.717, 1.165) is 0 Å². The first-order chi connectivity index (χ1) is 8.65. The van der Waals surface area contributed by atoms with Crippen LogP contribution < -0.4 is 11.1 Å². The number of anilines is 1. The Hall–Kier alpha value is -2.08. The van der Waals surface area contributed by atoms with Gasteiger partial charge in [0.25, 0.3) is 0 Å². The van der Waals surface area contributed by atoms with Crippen molar-refractivity contribution in [2.75, 3.05) is 5.73 Å². The number of carbonyl (C=O) groups is 1. The van der Waals surface area contributed by atoms with Gasteiger partial charge in [0.15, 0.2) is 5.69 Å². The summed E-state index contributed by atoms with van der Waals surface area (Å²) >= 11 is 0. The molecule has 0 aromatic carbocycles. The normalized spacial score (nSPS) is 15.1. The topological polar surface area (TPSA) is 92.7 Å². The van der Waals surface area contributed by atoms with Crippen molar-refractivity contribution in [3.63, 3.8) is 0 Å². The number of aromatic carboxylic acids is 1. The minimum atomic E-state index is -1.03. The molecule has 2 aromatic rings. The number of nitrogens with two attached hydrogens (primary N) is 1. The first kappa shape index (κ1) is 11.0. The Morgan fingerprint density at radius 1 is 1.61 bits per heavy atom. The largest absolute Gasteiger partial charge is 0.476 e. The number of imidazole rings is 1. The fourth-order valence-electron chi connectivity index (χ4n) is 1.97. The number of hydrogen-bond acceptors (Lipinski definition) is 4. The first-order valence-corrected chi connectivity index (χ1v) is 5.88. The SMILES string of the molecule is Nc1ccn2c(CNC3CC3)nc(C(=O)O)c2c1. The van der Waals surface area contributed by atoms with Crippen LogP contribution in [0.15, 0.2) is 18.3 Å². The Bertz CT molecular complexity index is 616. The third kappa shape index (κ3) is 1.91. The highest BCUT2D eigenvalue weighted by Crippen LogP contribution is 2.20. The van der Waals surface area contributed by atoms with Gasteiger partial charge in [-0.05, 0) is 25.0 Å². The lowest BCUT2D eigenvalue weighted by Crippen LogP contribution is -2.17. The van der Waals surface area contributed by atoms with Gasteiger partial charge in [0, 0.05) is 17.9 Å². The molecule has 1 fully saturated rings. The van der Waals surface area contributed by atoms with Crippen LogP contribution in [0.1, 0.15) is 29.2 Å². The Kier molecular flexibility index (Phi) is 2.45. The van der Waals surface area contributed by atoms with Crippen LogP contribution in [0.5, 0.6) is 0 Å². The standard InChI is InChI=1S/C12H14N4O2/c13-7-3-4-16-9(5-7)11(12(17)18)15-10(16)6-14-8-1-2-8/h3-5,8,14H,1-2,6,13H2,(H,17,18). The van der Waals surface area contributed by atoms with Crippen LogP contribution in [-0.2, 0) is 6.54 Å². The summed E-state index contributed by atoms with van der Waals surface area (Å²) in [6.45, 7) is 0.572. The van der Waals surface area contributed by atoms with Gasteiger partial charge in [-0.3, -0.25) is 0 Å². The molecule has 0 aliphatic heterocycles. The molecule has 2 heterocycles. The van der Waals surface area contributed by atoms with E-state index < -0.39 is 5.97 Å². The lowest BCUT2D eigenvalue weighted by Gasteiger charge is -2.02. The first-order valence-electron chi connectivity index (χ1n) is 5.88. The number of carboxylic acids is 1. The highest BCUT2D eigenvalue weighted by molar-refractivity contribution is 5.94. The van der Waals surface area contributed by atoms with Crippen LogP contribution in [0, 0.1) is 0 Å². The average molecular weight is 246 g/mol. The maximum Gasteiger partial charge on any atom is 0.356 e. The molecule has 3 rings (SSSR count). The van der Waals surface area contributed by atoms with Gasteiger partial charge >= 0.3 is 5.97 Å². The van der Waals surface area contributed by atoms with E-state index in [0.29, 0.717) is 29.6 Å². The van der Waals surface area contributed by atoms with Crippen LogP contribution in [0.2, 0.25) is 0 Å². The molecular formula is C12H14N4O2. The van der Waals surface area contributed by atoms with Crippen molar-refractivity contribution in [1.82, 2.24) is 14.7 Å². The van der Waals surface area contributed by atoms with Gasteiger partial charge in [-0.25, -0.2) is 9.78 Å².